The maximum absolute atomic E-state index is 11.9. The SMILES string of the molecule is CC(C)c1cnn(CC(=O)N2CCCC2)c1. The zero-order chi connectivity index (χ0) is 11.5. The van der Waals surface area contributed by atoms with Crippen LogP contribution in [0.25, 0.3) is 0 Å². The van der Waals surface area contributed by atoms with Crippen molar-refractivity contribution in [3.63, 3.8) is 0 Å². The lowest BCUT2D eigenvalue weighted by Crippen LogP contribution is -2.31. The second kappa shape index (κ2) is 4.68. The molecule has 0 aromatic carbocycles. The van der Waals surface area contributed by atoms with Gasteiger partial charge in [-0.1, -0.05) is 13.8 Å². The van der Waals surface area contributed by atoms with Gasteiger partial charge in [-0.3, -0.25) is 9.48 Å². The molecule has 16 heavy (non-hydrogen) atoms. The lowest BCUT2D eigenvalue weighted by Gasteiger charge is -2.14. The van der Waals surface area contributed by atoms with Crippen molar-refractivity contribution in [3.8, 4) is 0 Å². The average molecular weight is 221 g/mol. The minimum Gasteiger partial charge on any atom is -0.341 e. The highest BCUT2D eigenvalue weighted by molar-refractivity contribution is 5.76. The molecule has 0 spiro atoms. The van der Waals surface area contributed by atoms with E-state index in [0.29, 0.717) is 12.5 Å². The summed E-state index contributed by atoms with van der Waals surface area (Å²) in [5.41, 5.74) is 1.19. The Hall–Kier alpha value is -1.32. The molecule has 88 valence electrons. The maximum atomic E-state index is 11.9. The lowest BCUT2D eigenvalue weighted by atomic mass is 10.1. The second-order valence-corrected chi connectivity index (χ2v) is 4.71. The van der Waals surface area contributed by atoms with Crippen molar-refractivity contribution in [1.29, 1.82) is 0 Å². The number of hydrogen-bond acceptors (Lipinski definition) is 2. The summed E-state index contributed by atoms with van der Waals surface area (Å²) < 4.78 is 1.75. The Bertz CT molecular complexity index is 364. The summed E-state index contributed by atoms with van der Waals surface area (Å²) >= 11 is 0. The monoisotopic (exact) mass is 221 g/mol. The Labute approximate surface area is 96.2 Å². The first-order valence-corrected chi connectivity index (χ1v) is 5.97. The van der Waals surface area contributed by atoms with E-state index in [9.17, 15) is 4.79 Å². The van der Waals surface area contributed by atoms with Crippen LogP contribution in [0.3, 0.4) is 0 Å². The molecule has 0 unspecified atom stereocenters. The molecule has 1 amide bonds. The Morgan fingerprint density at radius 1 is 1.44 bits per heavy atom. The summed E-state index contributed by atoms with van der Waals surface area (Å²) in [5, 5.41) is 4.22. The van der Waals surface area contributed by atoms with E-state index in [2.05, 4.69) is 18.9 Å². The van der Waals surface area contributed by atoms with Gasteiger partial charge in [0.15, 0.2) is 0 Å². The molecule has 0 radical (unpaired) electrons. The highest BCUT2D eigenvalue weighted by atomic mass is 16.2. The number of amides is 1. The molecule has 2 heterocycles. The van der Waals surface area contributed by atoms with Gasteiger partial charge in [-0.05, 0) is 24.3 Å². The molecule has 1 fully saturated rings. The highest BCUT2D eigenvalue weighted by Gasteiger charge is 2.18. The van der Waals surface area contributed by atoms with Crippen LogP contribution in [0.15, 0.2) is 12.4 Å². The van der Waals surface area contributed by atoms with Crippen molar-refractivity contribution < 1.29 is 4.79 Å². The molecule has 2 rings (SSSR count). The van der Waals surface area contributed by atoms with Gasteiger partial charge >= 0.3 is 0 Å². The van der Waals surface area contributed by atoms with Gasteiger partial charge in [-0.15, -0.1) is 0 Å². The van der Waals surface area contributed by atoms with Crippen LogP contribution in [0, 0.1) is 0 Å². The van der Waals surface area contributed by atoms with Gasteiger partial charge in [0.05, 0.1) is 6.20 Å². The fraction of sp³-hybridized carbons (Fsp3) is 0.667. The normalized spacial score (nSPS) is 16.1. The molecule has 0 atom stereocenters. The minimum atomic E-state index is 0.191. The molecule has 1 aliphatic heterocycles. The van der Waals surface area contributed by atoms with Gasteiger partial charge in [0.2, 0.25) is 5.91 Å². The highest BCUT2D eigenvalue weighted by Crippen LogP contribution is 2.13. The zero-order valence-electron chi connectivity index (χ0n) is 10.0. The van der Waals surface area contributed by atoms with E-state index in [-0.39, 0.29) is 5.91 Å². The summed E-state index contributed by atoms with van der Waals surface area (Å²) in [6.07, 6.45) is 6.10. The predicted molar refractivity (Wildman–Crippen MR) is 62.1 cm³/mol. The van der Waals surface area contributed by atoms with E-state index in [4.69, 9.17) is 0 Å². The van der Waals surface area contributed by atoms with Crippen LogP contribution in [-0.4, -0.2) is 33.7 Å². The Balaban J connectivity index is 1.95. The molecular formula is C12H19N3O. The summed E-state index contributed by atoms with van der Waals surface area (Å²) in [4.78, 5) is 13.8. The average Bonchev–Trinajstić information content (AvgIpc) is 2.87. The number of nitrogens with zero attached hydrogens (tertiary/aromatic N) is 3. The molecule has 1 aromatic heterocycles. The lowest BCUT2D eigenvalue weighted by molar-refractivity contribution is -0.130. The van der Waals surface area contributed by atoms with Crippen molar-refractivity contribution in [2.45, 2.75) is 39.2 Å². The maximum Gasteiger partial charge on any atom is 0.244 e. The van der Waals surface area contributed by atoms with Crippen LogP contribution in [0.2, 0.25) is 0 Å². The molecular weight excluding hydrogens is 202 g/mol. The molecule has 4 nitrogen and oxygen atoms in total. The van der Waals surface area contributed by atoms with Gasteiger partial charge in [0, 0.05) is 19.3 Å². The first-order valence-electron chi connectivity index (χ1n) is 5.97. The fourth-order valence-electron chi connectivity index (χ4n) is 1.97. The Morgan fingerprint density at radius 2 is 2.12 bits per heavy atom. The summed E-state index contributed by atoms with van der Waals surface area (Å²) in [6, 6.07) is 0. The fourth-order valence-corrected chi connectivity index (χ4v) is 1.97. The van der Waals surface area contributed by atoms with Crippen LogP contribution in [0.4, 0.5) is 0 Å². The van der Waals surface area contributed by atoms with Gasteiger partial charge in [0.25, 0.3) is 0 Å². The van der Waals surface area contributed by atoms with Gasteiger partial charge in [-0.25, -0.2) is 0 Å². The van der Waals surface area contributed by atoms with E-state index >= 15 is 0 Å². The van der Waals surface area contributed by atoms with E-state index in [1.807, 2.05) is 17.3 Å². The van der Waals surface area contributed by atoms with E-state index in [1.54, 1.807) is 4.68 Å². The molecule has 1 saturated heterocycles. The Morgan fingerprint density at radius 3 is 2.69 bits per heavy atom. The number of aromatic nitrogens is 2. The largest absolute Gasteiger partial charge is 0.341 e. The number of likely N-dealkylation sites (tertiary alicyclic amines) is 1. The number of carbonyl (C=O) groups excluding carboxylic acids is 1. The van der Waals surface area contributed by atoms with Crippen LogP contribution >= 0.6 is 0 Å². The number of rotatable bonds is 3. The predicted octanol–water partition coefficient (Wildman–Crippen LogP) is 1.63. The van der Waals surface area contributed by atoms with Crippen molar-refractivity contribution in [2.24, 2.45) is 0 Å². The van der Waals surface area contributed by atoms with Gasteiger partial charge in [-0.2, -0.15) is 5.10 Å². The molecule has 4 heteroatoms. The molecule has 0 bridgehead atoms. The summed E-state index contributed by atoms with van der Waals surface area (Å²) in [6.45, 7) is 6.47. The molecule has 1 aromatic rings. The van der Waals surface area contributed by atoms with Crippen LogP contribution in [-0.2, 0) is 11.3 Å². The van der Waals surface area contributed by atoms with Crippen molar-refractivity contribution >= 4 is 5.91 Å². The van der Waals surface area contributed by atoms with E-state index in [1.165, 1.54) is 5.56 Å². The molecule has 0 saturated carbocycles. The smallest absolute Gasteiger partial charge is 0.244 e. The van der Waals surface area contributed by atoms with Gasteiger partial charge in [0.1, 0.15) is 6.54 Å². The van der Waals surface area contributed by atoms with Crippen molar-refractivity contribution in [1.82, 2.24) is 14.7 Å². The Kier molecular flexibility index (Phi) is 3.27. The molecule has 0 N–H and O–H groups in total. The van der Waals surface area contributed by atoms with Crippen LogP contribution < -0.4 is 0 Å². The molecule has 0 aliphatic carbocycles. The minimum absolute atomic E-state index is 0.191. The van der Waals surface area contributed by atoms with Crippen LogP contribution in [0.5, 0.6) is 0 Å². The van der Waals surface area contributed by atoms with Crippen LogP contribution in [0.1, 0.15) is 38.2 Å². The summed E-state index contributed by atoms with van der Waals surface area (Å²) in [7, 11) is 0. The zero-order valence-corrected chi connectivity index (χ0v) is 10.0. The second-order valence-electron chi connectivity index (χ2n) is 4.71. The first kappa shape index (κ1) is 11.2. The van der Waals surface area contributed by atoms with E-state index in [0.717, 1.165) is 25.9 Å². The summed E-state index contributed by atoms with van der Waals surface area (Å²) in [5.74, 6) is 0.659. The quantitative estimate of drug-likeness (QED) is 0.778. The third kappa shape index (κ3) is 2.43. The third-order valence-electron chi connectivity index (χ3n) is 3.08. The molecule has 1 aliphatic rings. The first-order chi connectivity index (χ1) is 7.66. The topological polar surface area (TPSA) is 38.1 Å². The number of hydrogen-bond donors (Lipinski definition) is 0. The van der Waals surface area contributed by atoms with E-state index < -0.39 is 0 Å². The van der Waals surface area contributed by atoms with Crippen molar-refractivity contribution in [2.75, 3.05) is 13.1 Å². The van der Waals surface area contributed by atoms with Gasteiger partial charge < -0.3 is 4.90 Å². The third-order valence-corrected chi connectivity index (χ3v) is 3.08. The van der Waals surface area contributed by atoms with Crippen molar-refractivity contribution in [3.05, 3.63) is 18.0 Å². The standard InChI is InChI=1S/C12H19N3O/c1-10(2)11-7-13-15(8-11)9-12(16)14-5-3-4-6-14/h7-8,10H,3-6,9H2,1-2H3. The number of carbonyl (C=O) groups is 1.